The number of amides is 1. The minimum atomic E-state index is -0.204. The number of benzene rings is 2. The molecule has 6 nitrogen and oxygen atoms in total. The third-order valence-corrected chi connectivity index (χ3v) is 6.06. The van der Waals surface area contributed by atoms with E-state index in [1.807, 2.05) is 42.5 Å². The van der Waals surface area contributed by atoms with Gasteiger partial charge in [0.2, 0.25) is 6.79 Å². The molecule has 28 heavy (non-hydrogen) atoms. The van der Waals surface area contributed by atoms with Crippen LogP contribution in [0.4, 0.5) is 0 Å². The van der Waals surface area contributed by atoms with Crippen LogP contribution in [0, 0.1) is 0 Å². The first-order valence-corrected chi connectivity index (χ1v) is 9.61. The fraction of sp³-hybridized carbons (Fsp3) is 0.143. The lowest BCUT2D eigenvalue weighted by atomic mass is 10.1. The van der Waals surface area contributed by atoms with Gasteiger partial charge in [0.05, 0.1) is 15.8 Å². The van der Waals surface area contributed by atoms with Crippen LogP contribution in [-0.2, 0) is 13.6 Å². The van der Waals surface area contributed by atoms with Crippen molar-refractivity contribution < 1.29 is 14.3 Å². The van der Waals surface area contributed by atoms with Crippen LogP contribution in [0.2, 0.25) is 0 Å². The van der Waals surface area contributed by atoms with E-state index in [2.05, 4.69) is 5.32 Å². The van der Waals surface area contributed by atoms with E-state index in [4.69, 9.17) is 9.47 Å². The molecule has 1 amide bonds. The molecular weight excluding hydrogens is 376 g/mol. The summed E-state index contributed by atoms with van der Waals surface area (Å²) in [7, 11) is 1.75. The molecule has 0 aliphatic carbocycles. The second kappa shape index (κ2) is 6.38. The molecule has 3 heterocycles. The second-order valence-electron chi connectivity index (χ2n) is 6.61. The van der Waals surface area contributed by atoms with Gasteiger partial charge in [0.25, 0.3) is 11.5 Å². The number of aromatic nitrogens is 1. The number of nitrogens with one attached hydrogen (secondary N) is 1. The number of ether oxygens (including phenoxy) is 2. The molecule has 0 saturated carbocycles. The molecule has 4 aromatic rings. The Balaban J connectivity index is 1.46. The van der Waals surface area contributed by atoms with Crippen molar-refractivity contribution in [2.75, 3.05) is 6.79 Å². The Kier molecular flexibility index (Phi) is 3.84. The van der Waals surface area contributed by atoms with Crippen molar-refractivity contribution in [2.45, 2.75) is 6.54 Å². The molecule has 0 atom stereocenters. The topological polar surface area (TPSA) is 69.6 Å². The van der Waals surface area contributed by atoms with Gasteiger partial charge in [-0.3, -0.25) is 9.59 Å². The zero-order chi connectivity index (χ0) is 19.3. The number of para-hydroxylation sites is 1. The molecule has 140 valence electrons. The van der Waals surface area contributed by atoms with E-state index >= 15 is 0 Å². The third-order valence-electron chi connectivity index (χ3n) is 4.89. The molecule has 1 aliphatic heterocycles. The molecule has 7 heteroatoms. The Morgan fingerprint density at radius 1 is 1.11 bits per heavy atom. The number of carbonyl (C=O) groups excluding carboxylic acids is 1. The standard InChI is InChI=1S/C21H16N2O4S/c1-23-15-5-3-2-4-13(15)19-14(21(23)25)9-18(28-19)20(24)22-10-12-6-7-16-17(8-12)27-11-26-16/h2-9H,10-11H2,1H3,(H,22,24). The Morgan fingerprint density at radius 2 is 1.93 bits per heavy atom. The lowest BCUT2D eigenvalue weighted by molar-refractivity contribution is 0.0955. The maximum Gasteiger partial charge on any atom is 0.261 e. The van der Waals surface area contributed by atoms with Gasteiger partial charge in [-0.05, 0) is 29.8 Å². The molecule has 2 aromatic carbocycles. The molecule has 1 aliphatic rings. The molecule has 0 radical (unpaired) electrons. The van der Waals surface area contributed by atoms with Crippen molar-refractivity contribution in [3.8, 4) is 11.5 Å². The Hall–Kier alpha value is -3.32. The normalized spacial score (nSPS) is 12.6. The highest BCUT2D eigenvalue weighted by Crippen LogP contribution is 2.33. The van der Waals surface area contributed by atoms with E-state index in [9.17, 15) is 9.59 Å². The zero-order valence-corrected chi connectivity index (χ0v) is 15.8. The van der Waals surface area contributed by atoms with Crippen molar-refractivity contribution >= 4 is 38.2 Å². The van der Waals surface area contributed by atoms with Crippen molar-refractivity contribution in [1.82, 2.24) is 9.88 Å². The van der Waals surface area contributed by atoms with Crippen molar-refractivity contribution in [2.24, 2.45) is 7.05 Å². The second-order valence-corrected chi connectivity index (χ2v) is 7.66. The van der Waals surface area contributed by atoms with E-state index < -0.39 is 0 Å². The van der Waals surface area contributed by atoms with Crippen LogP contribution in [0.25, 0.3) is 21.0 Å². The predicted molar refractivity (Wildman–Crippen MR) is 108 cm³/mol. The van der Waals surface area contributed by atoms with Crippen molar-refractivity contribution in [1.29, 1.82) is 0 Å². The van der Waals surface area contributed by atoms with Gasteiger partial charge >= 0.3 is 0 Å². The van der Waals surface area contributed by atoms with Gasteiger partial charge in [-0.15, -0.1) is 11.3 Å². The number of rotatable bonds is 3. The summed E-state index contributed by atoms with van der Waals surface area (Å²) in [5, 5.41) is 4.46. The van der Waals surface area contributed by atoms with E-state index in [-0.39, 0.29) is 18.3 Å². The van der Waals surface area contributed by atoms with E-state index in [1.165, 1.54) is 11.3 Å². The Morgan fingerprint density at radius 3 is 2.82 bits per heavy atom. The largest absolute Gasteiger partial charge is 0.454 e. The molecular formula is C21H16N2O4S. The molecule has 0 saturated heterocycles. The summed E-state index contributed by atoms with van der Waals surface area (Å²) in [4.78, 5) is 25.9. The molecule has 1 N–H and O–H groups in total. The van der Waals surface area contributed by atoms with Crippen LogP contribution in [0.1, 0.15) is 15.2 Å². The highest BCUT2D eigenvalue weighted by atomic mass is 32.1. The number of hydrogen-bond donors (Lipinski definition) is 1. The fourth-order valence-corrected chi connectivity index (χ4v) is 4.53. The molecule has 2 aromatic heterocycles. The van der Waals surface area contributed by atoms with Crippen LogP contribution < -0.4 is 20.3 Å². The Labute approximate surface area is 163 Å². The van der Waals surface area contributed by atoms with Crippen molar-refractivity contribution in [3.63, 3.8) is 0 Å². The SMILES string of the molecule is Cn1c(=O)c2cc(C(=O)NCc3ccc4c(c3)OCO4)sc2c2ccccc21. The summed E-state index contributed by atoms with van der Waals surface area (Å²) in [5.41, 5.74) is 1.68. The molecule has 5 rings (SSSR count). The van der Waals surface area contributed by atoms with Crippen LogP contribution in [0.15, 0.2) is 53.3 Å². The molecule has 0 fully saturated rings. The van der Waals surface area contributed by atoms with E-state index in [0.29, 0.717) is 28.3 Å². The van der Waals surface area contributed by atoms with Gasteiger partial charge in [-0.1, -0.05) is 24.3 Å². The third kappa shape index (κ3) is 2.63. The average molecular weight is 392 g/mol. The average Bonchev–Trinajstić information content (AvgIpc) is 3.37. The molecule has 0 unspecified atom stereocenters. The summed E-state index contributed by atoms with van der Waals surface area (Å²) in [5.74, 6) is 1.19. The molecule has 0 bridgehead atoms. The zero-order valence-electron chi connectivity index (χ0n) is 15.0. The summed E-state index contributed by atoms with van der Waals surface area (Å²) < 4.78 is 13.1. The smallest absolute Gasteiger partial charge is 0.261 e. The van der Waals surface area contributed by atoms with E-state index in [1.54, 1.807) is 17.7 Å². The van der Waals surface area contributed by atoms with Gasteiger partial charge in [0.15, 0.2) is 11.5 Å². The lowest BCUT2D eigenvalue weighted by Crippen LogP contribution is -2.21. The first-order chi connectivity index (χ1) is 13.6. The molecule has 0 spiro atoms. The number of pyridine rings is 1. The number of carbonyl (C=O) groups is 1. The van der Waals surface area contributed by atoms with Gasteiger partial charge in [-0.25, -0.2) is 0 Å². The van der Waals surface area contributed by atoms with Crippen LogP contribution >= 0.6 is 11.3 Å². The number of hydrogen-bond acceptors (Lipinski definition) is 5. The number of nitrogens with zero attached hydrogens (tertiary/aromatic N) is 1. The van der Waals surface area contributed by atoms with Crippen LogP contribution in [-0.4, -0.2) is 17.3 Å². The summed E-state index contributed by atoms with van der Waals surface area (Å²) in [6.07, 6.45) is 0. The first kappa shape index (κ1) is 16.8. The fourth-order valence-electron chi connectivity index (χ4n) is 3.43. The minimum absolute atomic E-state index is 0.0974. The first-order valence-electron chi connectivity index (χ1n) is 8.80. The van der Waals surface area contributed by atoms with Crippen molar-refractivity contribution in [3.05, 3.63) is 69.3 Å². The van der Waals surface area contributed by atoms with Gasteiger partial charge in [0.1, 0.15) is 0 Å². The minimum Gasteiger partial charge on any atom is -0.454 e. The number of aryl methyl sites for hydroxylation is 1. The van der Waals surface area contributed by atoms with E-state index in [0.717, 1.165) is 21.2 Å². The summed E-state index contributed by atoms with van der Waals surface area (Å²) >= 11 is 1.34. The van der Waals surface area contributed by atoms with Gasteiger partial charge < -0.3 is 19.4 Å². The number of fused-ring (bicyclic) bond motifs is 4. The van der Waals surface area contributed by atoms with Crippen LogP contribution in [0.3, 0.4) is 0 Å². The Bertz CT molecular complexity index is 1310. The quantitative estimate of drug-likeness (QED) is 0.580. The van der Waals surface area contributed by atoms with Gasteiger partial charge in [0, 0.05) is 23.7 Å². The predicted octanol–water partition coefficient (Wildman–Crippen LogP) is 3.41. The highest BCUT2D eigenvalue weighted by molar-refractivity contribution is 7.21. The van der Waals surface area contributed by atoms with Gasteiger partial charge in [-0.2, -0.15) is 0 Å². The summed E-state index contributed by atoms with van der Waals surface area (Å²) in [6, 6.07) is 15.0. The number of thiophene rings is 1. The monoisotopic (exact) mass is 392 g/mol. The highest BCUT2D eigenvalue weighted by Gasteiger charge is 2.17. The lowest BCUT2D eigenvalue weighted by Gasteiger charge is -2.05. The maximum atomic E-state index is 12.7. The van der Waals surface area contributed by atoms with Crippen LogP contribution in [0.5, 0.6) is 11.5 Å². The maximum absolute atomic E-state index is 12.7. The summed E-state index contributed by atoms with van der Waals surface area (Å²) in [6.45, 7) is 0.582.